The summed E-state index contributed by atoms with van der Waals surface area (Å²) >= 11 is 0. The summed E-state index contributed by atoms with van der Waals surface area (Å²) < 4.78 is 0. The van der Waals surface area contributed by atoms with Gasteiger partial charge in [0.1, 0.15) is 17.6 Å². The van der Waals surface area contributed by atoms with Crippen LogP contribution in [0, 0.1) is 0 Å². The highest BCUT2D eigenvalue weighted by Crippen LogP contribution is 2.23. The number of pyridine rings is 3. The van der Waals surface area contributed by atoms with Crippen molar-refractivity contribution in [2.75, 3.05) is 11.9 Å². The summed E-state index contributed by atoms with van der Waals surface area (Å²) in [4.78, 5) is 21.9. The van der Waals surface area contributed by atoms with Gasteiger partial charge in [0, 0.05) is 43.0 Å². The average Bonchev–Trinajstić information content (AvgIpc) is 2.79. The van der Waals surface area contributed by atoms with Gasteiger partial charge in [-0.25, -0.2) is 9.97 Å². The Balaban J connectivity index is 1.64. The van der Waals surface area contributed by atoms with Crippen molar-refractivity contribution < 1.29 is 5.11 Å². The summed E-state index contributed by atoms with van der Waals surface area (Å²) in [6.45, 7) is 0.266. The van der Waals surface area contributed by atoms with Gasteiger partial charge in [-0.1, -0.05) is 12.1 Å². The van der Waals surface area contributed by atoms with Gasteiger partial charge in [0.2, 0.25) is 0 Å². The van der Waals surface area contributed by atoms with E-state index in [0.717, 1.165) is 11.3 Å². The molecule has 4 heterocycles. The van der Waals surface area contributed by atoms with Crippen molar-refractivity contribution in [3.63, 3.8) is 0 Å². The molecule has 0 amide bonds. The van der Waals surface area contributed by atoms with Gasteiger partial charge in [-0.2, -0.15) is 0 Å². The van der Waals surface area contributed by atoms with Crippen LogP contribution in [0.4, 0.5) is 5.82 Å². The zero-order valence-corrected chi connectivity index (χ0v) is 15.0. The van der Waals surface area contributed by atoms with E-state index in [1.165, 1.54) is 0 Å². The van der Waals surface area contributed by atoms with E-state index in [4.69, 9.17) is 0 Å². The van der Waals surface area contributed by atoms with Crippen molar-refractivity contribution in [1.29, 1.82) is 0 Å². The number of anilines is 1. The summed E-state index contributed by atoms with van der Waals surface area (Å²) in [5, 5.41) is 13.5. The van der Waals surface area contributed by atoms with Crippen molar-refractivity contribution >= 4 is 5.82 Å². The molecule has 7 nitrogen and oxygen atoms in total. The van der Waals surface area contributed by atoms with Crippen molar-refractivity contribution in [2.45, 2.75) is 6.10 Å². The zero-order valence-electron chi connectivity index (χ0n) is 15.0. The van der Waals surface area contributed by atoms with Gasteiger partial charge in [0.05, 0.1) is 11.4 Å². The SMILES string of the molecule is OC(CNc1cc(-c2cccnc2)nc(-c2ccccn2)n1)c1ccccn1. The summed E-state index contributed by atoms with van der Waals surface area (Å²) in [5.74, 6) is 1.08. The maximum atomic E-state index is 10.4. The molecule has 7 heteroatoms. The minimum absolute atomic E-state index is 0.266. The zero-order chi connectivity index (χ0) is 19.2. The van der Waals surface area contributed by atoms with E-state index in [0.29, 0.717) is 23.0 Å². The Labute approximate surface area is 162 Å². The summed E-state index contributed by atoms with van der Waals surface area (Å²) in [6, 6.07) is 16.6. The molecule has 28 heavy (non-hydrogen) atoms. The van der Waals surface area contributed by atoms with Gasteiger partial charge in [-0.15, -0.1) is 0 Å². The predicted molar refractivity (Wildman–Crippen MR) is 106 cm³/mol. The highest BCUT2D eigenvalue weighted by Gasteiger charge is 2.12. The molecular formula is C21H18N6O. The second-order valence-electron chi connectivity index (χ2n) is 6.07. The minimum Gasteiger partial charge on any atom is -0.385 e. The Morgan fingerprint density at radius 3 is 2.43 bits per heavy atom. The molecule has 2 N–H and O–H groups in total. The maximum absolute atomic E-state index is 10.4. The number of aliphatic hydroxyl groups excluding tert-OH is 1. The first kappa shape index (κ1) is 17.7. The monoisotopic (exact) mass is 370 g/mol. The van der Waals surface area contributed by atoms with Crippen LogP contribution in [0.2, 0.25) is 0 Å². The Hall–Kier alpha value is -3.71. The topological polar surface area (TPSA) is 96.7 Å². The first-order chi connectivity index (χ1) is 13.8. The minimum atomic E-state index is -0.753. The number of nitrogens with one attached hydrogen (secondary N) is 1. The molecule has 138 valence electrons. The fourth-order valence-electron chi connectivity index (χ4n) is 2.69. The molecule has 0 aromatic carbocycles. The highest BCUT2D eigenvalue weighted by molar-refractivity contribution is 5.65. The van der Waals surface area contributed by atoms with Gasteiger partial charge in [-0.3, -0.25) is 15.0 Å². The number of aromatic nitrogens is 5. The lowest BCUT2D eigenvalue weighted by molar-refractivity contribution is 0.186. The Morgan fingerprint density at radius 1 is 0.857 bits per heavy atom. The number of hydrogen-bond acceptors (Lipinski definition) is 7. The van der Waals surface area contributed by atoms with Crippen LogP contribution in [0.1, 0.15) is 11.8 Å². The Kier molecular flexibility index (Phi) is 5.26. The van der Waals surface area contributed by atoms with Crippen LogP contribution >= 0.6 is 0 Å². The van der Waals surface area contributed by atoms with E-state index >= 15 is 0 Å². The van der Waals surface area contributed by atoms with Crippen molar-refractivity contribution in [3.8, 4) is 22.8 Å². The fourth-order valence-corrected chi connectivity index (χ4v) is 2.69. The van der Waals surface area contributed by atoms with Gasteiger partial charge in [-0.05, 0) is 36.4 Å². The first-order valence-electron chi connectivity index (χ1n) is 8.83. The summed E-state index contributed by atoms with van der Waals surface area (Å²) in [5.41, 5.74) is 2.86. The standard InChI is InChI=1S/C21H18N6O/c28-19(16-7-1-3-10-23-16)14-25-20-12-18(15-6-5-9-22-13-15)26-21(27-20)17-8-2-4-11-24-17/h1-13,19,28H,14H2,(H,25,26,27). The predicted octanol–water partition coefficient (Wildman–Crippen LogP) is 3.14. The number of rotatable bonds is 6. The molecule has 0 spiro atoms. The van der Waals surface area contributed by atoms with Gasteiger partial charge in [0.25, 0.3) is 0 Å². The molecule has 0 radical (unpaired) electrons. The van der Waals surface area contributed by atoms with Crippen molar-refractivity contribution in [1.82, 2.24) is 24.9 Å². The quantitative estimate of drug-likeness (QED) is 0.538. The molecular weight excluding hydrogens is 352 g/mol. The van der Waals surface area contributed by atoms with E-state index in [9.17, 15) is 5.11 Å². The van der Waals surface area contributed by atoms with Crippen LogP contribution in [0.25, 0.3) is 22.8 Å². The number of aliphatic hydroxyl groups is 1. The third-order valence-electron chi connectivity index (χ3n) is 4.08. The van der Waals surface area contributed by atoms with E-state index in [-0.39, 0.29) is 6.54 Å². The second kappa shape index (κ2) is 8.32. The van der Waals surface area contributed by atoms with Gasteiger partial charge >= 0.3 is 0 Å². The average molecular weight is 370 g/mol. The van der Waals surface area contributed by atoms with Crippen molar-refractivity contribution in [3.05, 3.63) is 85.1 Å². The van der Waals surface area contributed by atoms with E-state index in [1.54, 1.807) is 30.9 Å². The molecule has 0 fully saturated rings. The van der Waals surface area contributed by atoms with E-state index < -0.39 is 6.10 Å². The number of hydrogen-bond donors (Lipinski definition) is 2. The lowest BCUT2D eigenvalue weighted by atomic mass is 10.2. The second-order valence-corrected chi connectivity index (χ2v) is 6.07. The van der Waals surface area contributed by atoms with Crippen molar-refractivity contribution in [2.24, 2.45) is 0 Å². The molecule has 4 rings (SSSR count). The van der Waals surface area contributed by atoms with Crippen LogP contribution in [-0.4, -0.2) is 36.6 Å². The summed E-state index contributed by atoms with van der Waals surface area (Å²) in [7, 11) is 0. The Bertz CT molecular complexity index is 971. The fraction of sp³-hybridized carbons (Fsp3) is 0.0952. The molecule has 0 bridgehead atoms. The van der Waals surface area contributed by atoms with Crippen LogP contribution in [0.15, 0.2) is 79.4 Å². The van der Waals surface area contributed by atoms with Gasteiger partial charge < -0.3 is 10.4 Å². The lowest BCUT2D eigenvalue weighted by Crippen LogP contribution is -2.14. The highest BCUT2D eigenvalue weighted by atomic mass is 16.3. The molecule has 1 atom stereocenters. The maximum Gasteiger partial charge on any atom is 0.180 e. The smallest absolute Gasteiger partial charge is 0.180 e. The van der Waals surface area contributed by atoms with Gasteiger partial charge in [0.15, 0.2) is 5.82 Å². The molecule has 0 aliphatic carbocycles. The van der Waals surface area contributed by atoms with Crippen LogP contribution in [0.5, 0.6) is 0 Å². The van der Waals surface area contributed by atoms with Crippen LogP contribution in [0.3, 0.4) is 0 Å². The third kappa shape index (κ3) is 4.16. The summed E-state index contributed by atoms with van der Waals surface area (Å²) in [6.07, 6.45) is 6.07. The molecule has 0 aliphatic rings. The molecule has 4 aromatic rings. The molecule has 0 saturated carbocycles. The molecule has 0 aliphatic heterocycles. The lowest BCUT2D eigenvalue weighted by Gasteiger charge is -2.13. The number of nitrogens with zero attached hydrogens (tertiary/aromatic N) is 5. The normalized spacial score (nSPS) is 11.8. The third-order valence-corrected chi connectivity index (χ3v) is 4.08. The molecule has 4 aromatic heterocycles. The molecule has 1 unspecified atom stereocenters. The van der Waals surface area contributed by atoms with Crippen LogP contribution < -0.4 is 5.32 Å². The Morgan fingerprint density at radius 2 is 1.71 bits per heavy atom. The largest absolute Gasteiger partial charge is 0.385 e. The van der Waals surface area contributed by atoms with Crippen LogP contribution in [-0.2, 0) is 0 Å². The van der Waals surface area contributed by atoms with E-state index in [2.05, 4.69) is 30.2 Å². The van der Waals surface area contributed by atoms with E-state index in [1.807, 2.05) is 48.5 Å². The molecule has 0 saturated heterocycles. The first-order valence-corrected chi connectivity index (χ1v) is 8.83.